The van der Waals surface area contributed by atoms with Crippen molar-refractivity contribution < 1.29 is 0 Å². The third kappa shape index (κ3) is 3.08. The molecule has 0 radical (unpaired) electrons. The highest BCUT2D eigenvalue weighted by Crippen LogP contribution is 2.22. The van der Waals surface area contributed by atoms with Gasteiger partial charge in [-0.2, -0.15) is 0 Å². The zero-order valence-electron chi connectivity index (χ0n) is 7.28. The van der Waals surface area contributed by atoms with Gasteiger partial charge in [0.1, 0.15) is 5.01 Å². The molecule has 0 aliphatic rings. The van der Waals surface area contributed by atoms with E-state index < -0.39 is 0 Å². The average molecular weight is 203 g/mol. The van der Waals surface area contributed by atoms with Gasteiger partial charge in [0.15, 0.2) is 4.34 Å². The summed E-state index contributed by atoms with van der Waals surface area (Å²) >= 11 is 3.32. The fourth-order valence-electron chi connectivity index (χ4n) is 0.633. The molecule has 0 unspecified atom stereocenters. The van der Waals surface area contributed by atoms with E-state index in [1.54, 1.807) is 23.1 Å². The van der Waals surface area contributed by atoms with Crippen molar-refractivity contribution in [2.75, 3.05) is 5.75 Å². The molecule has 2 N–H and O–H groups in total. The molecule has 5 heteroatoms. The van der Waals surface area contributed by atoms with Crippen molar-refractivity contribution >= 4 is 23.1 Å². The molecule has 0 bridgehead atoms. The number of aryl methyl sites for hydroxylation is 1. The summed E-state index contributed by atoms with van der Waals surface area (Å²) in [4.78, 5) is 0. The second kappa shape index (κ2) is 4.79. The van der Waals surface area contributed by atoms with E-state index in [1.165, 1.54) is 0 Å². The molecule has 68 valence electrons. The van der Waals surface area contributed by atoms with Crippen LogP contribution in [0.15, 0.2) is 4.34 Å². The van der Waals surface area contributed by atoms with Gasteiger partial charge in [-0.1, -0.05) is 30.0 Å². The second-order valence-electron chi connectivity index (χ2n) is 2.57. The summed E-state index contributed by atoms with van der Waals surface area (Å²) in [6.07, 6.45) is 1.02. The molecule has 1 aromatic rings. The van der Waals surface area contributed by atoms with Crippen LogP contribution in [0.2, 0.25) is 0 Å². The Kier molecular flexibility index (Phi) is 3.97. The van der Waals surface area contributed by atoms with Gasteiger partial charge in [0.2, 0.25) is 0 Å². The van der Waals surface area contributed by atoms with Gasteiger partial charge in [0.25, 0.3) is 0 Å². The van der Waals surface area contributed by atoms with Crippen LogP contribution >= 0.6 is 23.1 Å². The highest BCUT2D eigenvalue weighted by atomic mass is 32.2. The lowest BCUT2D eigenvalue weighted by Crippen LogP contribution is -2.21. The van der Waals surface area contributed by atoms with Gasteiger partial charge in [0, 0.05) is 11.8 Å². The van der Waals surface area contributed by atoms with Crippen LogP contribution in [0.3, 0.4) is 0 Å². The Balaban J connectivity index is 2.33. The first-order valence-corrected chi connectivity index (χ1v) is 5.71. The minimum absolute atomic E-state index is 0.277. The van der Waals surface area contributed by atoms with Crippen LogP contribution in [0.25, 0.3) is 0 Å². The molecule has 0 aromatic carbocycles. The molecule has 12 heavy (non-hydrogen) atoms. The lowest BCUT2D eigenvalue weighted by Gasteiger charge is -2.04. The summed E-state index contributed by atoms with van der Waals surface area (Å²) in [5, 5.41) is 8.94. The molecule has 0 spiro atoms. The van der Waals surface area contributed by atoms with Crippen LogP contribution in [0.4, 0.5) is 0 Å². The Labute approximate surface area is 80.8 Å². The summed E-state index contributed by atoms with van der Waals surface area (Å²) in [7, 11) is 0. The number of hydrogen-bond acceptors (Lipinski definition) is 5. The Morgan fingerprint density at radius 3 is 2.83 bits per heavy atom. The number of nitrogens with two attached hydrogens (primary N) is 1. The van der Waals surface area contributed by atoms with Crippen molar-refractivity contribution in [3.05, 3.63) is 5.01 Å². The molecule has 1 aromatic heterocycles. The van der Waals surface area contributed by atoms with Crippen molar-refractivity contribution in [1.29, 1.82) is 0 Å². The van der Waals surface area contributed by atoms with E-state index >= 15 is 0 Å². The summed E-state index contributed by atoms with van der Waals surface area (Å²) in [5.41, 5.74) is 5.76. The van der Waals surface area contributed by atoms with Crippen molar-refractivity contribution in [2.45, 2.75) is 30.6 Å². The molecule has 1 atom stereocenters. The van der Waals surface area contributed by atoms with Gasteiger partial charge in [-0.05, 0) is 13.3 Å². The molecule has 1 rings (SSSR count). The quantitative estimate of drug-likeness (QED) is 0.756. The number of nitrogens with zero attached hydrogens (tertiary/aromatic N) is 2. The molecule has 0 aliphatic carbocycles. The van der Waals surface area contributed by atoms with Crippen molar-refractivity contribution in [3.63, 3.8) is 0 Å². The zero-order valence-corrected chi connectivity index (χ0v) is 8.91. The molecule has 1 heterocycles. The maximum Gasteiger partial charge on any atom is 0.174 e. The van der Waals surface area contributed by atoms with Crippen LogP contribution < -0.4 is 5.73 Å². The molecule has 0 fully saturated rings. The van der Waals surface area contributed by atoms with E-state index in [4.69, 9.17) is 5.73 Å². The van der Waals surface area contributed by atoms with E-state index in [-0.39, 0.29) is 6.04 Å². The predicted octanol–water partition coefficient (Wildman–Crippen LogP) is 1.68. The molecule has 3 nitrogen and oxygen atoms in total. The fraction of sp³-hybridized carbons (Fsp3) is 0.714. The first-order valence-electron chi connectivity index (χ1n) is 3.91. The summed E-state index contributed by atoms with van der Waals surface area (Å²) < 4.78 is 1.02. The van der Waals surface area contributed by atoms with E-state index in [0.717, 1.165) is 21.5 Å². The largest absolute Gasteiger partial charge is 0.327 e. The van der Waals surface area contributed by atoms with Crippen LogP contribution in [0, 0.1) is 6.92 Å². The number of rotatable bonds is 4. The van der Waals surface area contributed by atoms with Crippen LogP contribution in [0.1, 0.15) is 18.4 Å². The topological polar surface area (TPSA) is 51.8 Å². The second-order valence-corrected chi connectivity index (χ2v) is 5.02. The molecule has 0 aliphatic heterocycles. The average Bonchev–Trinajstić information content (AvgIpc) is 2.47. The van der Waals surface area contributed by atoms with Gasteiger partial charge in [-0.25, -0.2) is 0 Å². The molecular weight excluding hydrogens is 190 g/mol. The first-order chi connectivity index (χ1) is 5.72. The first kappa shape index (κ1) is 9.95. The van der Waals surface area contributed by atoms with E-state index in [0.29, 0.717) is 0 Å². The standard InChI is InChI=1S/C7H13N3S2/c1-3-6(8)4-11-7-10-9-5(2)12-7/h6H,3-4,8H2,1-2H3/t6-/m0/s1. The van der Waals surface area contributed by atoms with Gasteiger partial charge in [-0.15, -0.1) is 10.2 Å². The smallest absolute Gasteiger partial charge is 0.174 e. The van der Waals surface area contributed by atoms with Crippen molar-refractivity contribution in [1.82, 2.24) is 10.2 Å². The van der Waals surface area contributed by atoms with Crippen molar-refractivity contribution in [3.8, 4) is 0 Å². The minimum atomic E-state index is 0.277. The van der Waals surface area contributed by atoms with E-state index in [2.05, 4.69) is 17.1 Å². The van der Waals surface area contributed by atoms with Crippen molar-refractivity contribution in [2.24, 2.45) is 5.73 Å². The Morgan fingerprint density at radius 2 is 2.33 bits per heavy atom. The van der Waals surface area contributed by atoms with Crippen LogP contribution in [-0.2, 0) is 0 Å². The van der Waals surface area contributed by atoms with E-state index in [9.17, 15) is 0 Å². The van der Waals surface area contributed by atoms with Gasteiger partial charge >= 0.3 is 0 Å². The molecular formula is C7H13N3S2. The fourth-order valence-corrected chi connectivity index (χ4v) is 2.54. The maximum absolute atomic E-state index is 5.76. The predicted molar refractivity (Wildman–Crippen MR) is 53.6 cm³/mol. The third-order valence-corrected chi connectivity index (χ3v) is 3.61. The molecule has 0 saturated carbocycles. The highest BCUT2D eigenvalue weighted by molar-refractivity contribution is 8.01. The van der Waals surface area contributed by atoms with Gasteiger partial charge < -0.3 is 5.73 Å². The third-order valence-electron chi connectivity index (χ3n) is 1.45. The normalized spacial score (nSPS) is 13.2. The lowest BCUT2D eigenvalue weighted by molar-refractivity contribution is 0.724. The summed E-state index contributed by atoms with van der Waals surface area (Å²) in [6, 6.07) is 0.277. The molecule has 0 saturated heterocycles. The number of aromatic nitrogens is 2. The SMILES string of the molecule is CC[C@H](N)CSc1nnc(C)s1. The molecule has 0 amide bonds. The number of hydrogen-bond donors (Lipinski definition) is 1. The van der Waals surface area contributed by atoms with Crippen LogP contribution in [0.5, 0.6) is 0 Å². The summed E-state index contributed by atoms with van der Waals surface area (Å²) in [6.45, 7) is 4.05. The van der Waals surface area contributed by atoms with E-state index in [1.807, 2.05) is 6.92 Å². The Hall–Kier alpha value is -0.130. The van der Waals surface area contributed by atoms with Gasteiger partial charge in [0.05, 0.1) is 0 Å². The zero-order chi connectivity index (χ0) is 8.97. The minimum Gasteiger partial charge on any atom is -0.327 e. The summed E-state index contributed by atoms with van der Waals surface area (Å²) in [5.74, 6) is 0.936. The monoisotopic (exact) mass is 203 g/mol. The highest BCUT2D eigenvalue weighted by Gasteiger charge is 2.04. The van der Waals surface area contributed by atoms with Crippen LogP contribution in [-0.4, -0.2) is 22.0 Å². The lowest BCUT2D eigenvalue weighted by atomic mass is 10.3. The van der Waals surface area contributed by atoms with Gasteiger partial charge in [-0.3, -0.25) is 0 Å². The number of thioether (sulfide) groups is 1. The maximum atomic E-state index is 5.76. The Bertz CT molecular complexity index is 236. The Morgan fingerprint density at radius 1 is 1.58 bits per heavy atom.